The zero-order chi connectivity index (χ0) is 8.55. The first-order valence-electron chi connectivity index (χ1n) is 4.20. The average molecular weight is 164 g/mol. The standard InChI is InChI=1S/C9H12N2O/c1-6-4-11-9(12)7-2-3-10-5-8(6)7/h4,10H,2-3,5H2,1H3,(H,11,12). The van der Waals surface area contributed by atoms with Gasteiger partial charge in [0, 0.05) is 18.3 Å². The Labute approximate surface area is 70.8 Å². The molecule has 1 aliphatic rings. The quantitative estimate of drug-likeness (QED) is 0.580. The maximum absolute atomic E-state index is 11.3. The van der Waals surface area contributed by atoms with Crippen LogP contribution < -0.4 is 10.9 Å². The minimum absolute atomic E-state index is 0.0806. The van der Waals surface area contributed by atoms with E-state index in [1.807, 2.05) is 6.92 Å². The Kier molecular flexibility index (Phi) is 1.73. The summed E-state index contributed by atoms with van der Waals surface area (Å²) < 4.78 is 0. The van der Waals surface area contributed by atoms with Gasteiger partial charge in [0.1, 0.15) is 0 Å². The second-order valence-corrected chi connectivity index (χ2v) is 3.18. The summed E-state index contributed by atoms with van der Waals surface area (Å²) in [4.78, 5) is 14.1. The van der Waals surface area contributed by atoms with E-state index in [1.165, 1.54) is 11.1 Å². The van der Waals surface area contributed by atoms with Gasteiger partial charge >= 0.3 is 0 Å². The van der Waals surface area contributed by atoms with Crippen LogP contribution in [0.1, 0.15) is 16.7 Å². The van der Waals surface area contributed by atoms with Gasteiger partial charge in [-0.05, 0) is 31.0 Å². The van der Waals surface area contributed by atoms with Crippen LogP contribution in [0.4, 0.5) is 0 Å². The zero-order valence-electron chi connectivity index (χ0n) is 7.11. The van der Waals surface area contributed by atoms with E-state index >= 15 is 0 Å². The smallest absolute Gasteiger partial charge is 0.251 e. The lowest BCUT2D eigenvalue weighted by Crippen LogP contribution is -2.30. The highest BCUT2D eigenvalue weighted by Crippen LogP contribution is 2.12. The first-order valence-corrected chi connectivity index (χ1v) is 4.20. The van der Waals surface area contributed by atoms with Gasteiger partial charge in [0.25, 0.3) is 5.56 Å². The molecule has 0 saturated heterocycles. The SMILES string of the molecule is Cc1c[nH]c(=O)c2c1CNCC2. The molecule has 0 bridgehead atoms. The van der Waals surface area contributed by atoms with Crippen molar-refractivity contribution in [1.82, 2.24) is 10.3 Å². The molecular formula is C9H12N2O. The number of aromatic amines is 1. The molecule has 2 N–H and O–H groups in total. The highest BCUT2D eigenvalue weighted by molar-refractivity contribution is 5.32. The predicted molar refractivity (Wildman–Crippen MR) is 47.2 cm³/mol. The molecular weight excluding hydrogens is 152 g/mol. The average Bonchev–Trinajstić information content (AvgIpc) is 2.12. The number of H-pyrrole nitrogens is 1. The zero-order valence-corrected chi connectivity index (χ0v) is 7.11. The molecule has 0 aromatic carbocycles. The van der Waals surface area contributed by atoms with Crippen molar-refractivity contribution in [3.8, 4) is 0 Å². The maximum atomic E-state index is 11.3. The Bertz CT molecular complexity index is 354. The normalized spacial score (nSPS) is 15.8. The molecule has 64 valence electrons. The van der Waals surface area contributed by atoms with Gasteiger partial charge in [0.05, 0.1) is 0 Å². The molecule has 3 nitrogen and oxygen atoms in total. The third-order valence-corrected chi connectivity index (χ3v) is 2.39. The van der Waals surface area contributed by atoms with Crippen molar-refractivity contribution in [3.05, 3.63) is 33.2 Å². The second kappa shape index (κ2) is 2.75. The second-order valence-electron chi connectivity index (χ2n) is 3.18. The van der Waals surface area contributed by atoms with Crippen molar-refractivity contribution in [2.75, 3.05) is 6.54 Å². The van der Waals surface area contributed by atoms with Crippen molar-refractivity contribution in [2.24, 2.45) is 0 Å². The molecule has 2 heterocycles. The van der Waals surface area contributed by atoms with Crippen molar-refractivity contribution in [1.29, 1.82) is 0 Å². The van der Waals surface area contributed by atoms with Gasteiger partial charge in [-0.2, -0.15) is 0 Å². The van der Waals surface area contributed by atoms with E-state index in [9.17, 15) is 4.79 Å². The molecule has 1 aliphatic heterocycles. The van der Waals surface area contributed by atoms with E-state index in [1.54, 1.807) is 6.20 Å². The molecule has 0 spiro atoms. The summed E-state index contributed by atoms with van der Waals surface area (Å²) >= 11 is 0. The number of aryl methyl sites for hydroxylation is 1. The largest absolute Gasteiger partial charge is 0.329 e. The van der Waals surface area contributed by atoms with Crippen LogP contribution in [-0.4, -0.2) is 11.5 Å². The fourth-order valence-electron chi connectivity index (χ4n) is 1.66. The fourth-order valence-corrected chi connectivity index (χ4v) is 1.66. The molecule has 1 aromatic heterocycles. The number of hydrogen-bond donors (Lipinski definition) is 2. The molecule has 0 atom stereocenters. The van der Waals surface area contributed by atoms with E-state index in [-0.39, 0.29) is 5.56 Å². The number of aromatic nitrogens is 1. The minimum atomic E-state index is 0.0806. The van der Waals surface area contributed by atoms with Gasteiger partial charge < -0.3 is 10.3 Å². The molecule has 0 aliphatic carbocycles. The molecule has 0 unspecified atom stereocenters. The van der Waals surface area contributed by atoms with Gasteiger partial charge in [0.2, 0.25) is 0 Å². The first-order chi connectivity index (χ1) is 5.79. The maximum Gasteiger partial charge on any atom is 0.251 e. The molecule has 1 aromatic rings. The number of rotatable bonds is 0. The van der Waals surface area contributed by atoms with Crippen LogP contribution >= 0.6 is 0 Å². The number of hydrogen-bond acceptors (Lipinski definition) is 2. The lowest BCUT2D eigenvalue weighted by Gasteiger charge is -2.17. The van der Waals surface area contributed by atoms with E-state index in [2.05, 4.69) is 10.3 Å². The van der Waals surface area contributed by atoms with Gasteiger partial charge in [-0.3, -0.25) is 4.79 Å². The van der Waals surface area contributed by atoms with Crippen molar-refractivity contribution in [2.45, 2.75) is 19.9 Å². The van der Waals surface area contributed by atoms with Crippen LogP contribution in [-0.2, 0) is 13.0 Å². The summed E-state index contributed by atoms with van der Waals surface area (Å²) in [5.74, 6) is 0. The number of fused-ring (bicyclic) bond motifs is 1. The molecule has 0 radical (unpaired) electrons. The van der Waals surface area contributed by atoms with Crippen LogP contribution in [0.15, 0.2) is 11.0 Å². The Morgan fingerprint density at radius 3 is 3.00 bits per heavy atom. The minimum Gasteiger partial charge on any atom is -0.329 e. The van der Waals surface area contributed by atoms with Crippen molar-refractivity contribution in [3.63, 3.8) is 0 Å². The predicted octanol–water partition coefficient (Wildman–Crippen LogP) is 0.329. The first kappa shape index (κ1) is 7.55. The Hall–Kier alpha value is -1.09. The monoisotopic (exact) mass is 164 g/mol. The topological polar surface area (TPSA) is 44.9 Å². The number of nitrogens with one attached hydrogen (secondary N) is 2. The summed E-state index contributed by atoms with van der Waals surface area (Å²) in [5.41, 5.74) is 3.41. The molecule has 3 heteroatoms. The van der Waals surface area contributed by atoms with E-state index < -0.39 is 0 Å². The Morgan fingerprint density at radius 1 is 1.42 bits per heavy atom. The van der Waals surface area contributed by atoms with Crippen molar-refractivity contribution >= 4 is 0 Å². The molecule has 0 amide bonds. The lowest BCUT2D eigenvalue weighted by atomic mass is 10.00. The Balaban J connectivity index is 2.64. The van der Waals surface area contributed by atoms with E-state index in [4.69, 9.17) is 0 Å². The molecule has 12 heavy (non-hydrogen) atoms. The summed E-state index contributed by atoms with van der Waals surface area (Å²) in [6.07, 6.45) is 2.64. The highest BCUT2D eigenvalue weighted by atomic mass is 16.1. The van der Waals surface area contributed by atoms with E-state index in [0.29, 0.717) is 0 Å². The van der Waals surface area contributed by atoms with Gasteiger partial charge in [0.15, 0.2) is 0 Å². The van der Waals surface area contributed by atoms with Gasteiger partial charge in [-0.15, -0.1) is 0 Å². The highest BCUT2D eigenvalue weighted by Gasteiger charge is 2.13. The molecule has 0 fully saturated rings. The van der Waals surface area contributed by atoms with Crippen LogP contribution in [0.2, 0.25) is 0 Å². The Morgan fingerprint density at radius 2 is 2.25 bits per heavy atom. The molecule has 2 rings (SSSR count). The van der Waals surface area contributed by atoms with Crippen LogP contribution in [0.3, 0.4) is 0 Å². The van der Waals surface area contributed by atoms with Crippen molar-refractivity contribution < 1.29 is 0 Å². The summed E-state index contributed by atoms with van der Waals surface area (Å²) in [7, 11) is 0. The van der Waals surface area contributed by atoms with Crippen LogP contribution in [0.5, 0.6) is 0 Å². The van der Waals surface area contributed by atoms with E-state index in [0.717, 1.165) is 25.1 Å². The third-order valence-electron chi connectivity index (χ3n) is 2.39. The number of pyridine rings is 1. The summed E-state index contributed by atoms with van der Waals surface area (Å²) in [6.45, 7) is 3.78. The molecule has 0 saturated carbocycles. The summed E-state index contributed by atoms with van der Waals surface area (Å²) in [6, 6.07) is 0. The van der Waals surface area contributed by atoms with Gasteiger partial charge in [-0.25, -0.2) is 0 Å². The van der Waals surface area contributed by atoms with Crippen LogP contribution in [0.25, 0.3) is 0 Å². The third kappa shape index (κ3) is 1.06. The fraction of sp³-hybridized carbons (Fsp3) is 0.444. The summed E-state index contributed by atoms with van der Waals surface area (Å²) in [5, 5.41) is 3.26. The van der Waals surface area contributed by atoms with Crippen LogP contribution in [0, 0.1) is 6.92 Å². The lowest BCUT2D eigenvalue weighted by molar-refractivity contribution is 0.633. The van der Waals surface area contributed by atoms with Gasteiger partial charge in [-0.1, -0.05) is 0 Å².